The number of ether oxygens (including phenoxy) is 2. The fraction of sp³-hybridized carbons (Fsp3) is 0.281. The van der Waals surface area contributed by atoms with Crippen molar-refractivity contribution < 1.29 is 22.7 Å². The van der Waals surface area contributed by atoms with Crippen LogP contribution in [-0.2, 0) is 26.0 Å². The summed E-state index contributed by atoms with van der Waals surface area (Å²) in [6, 6.07) is 20.3. The first-order valence-electron chi connectivity index (χ1n) is 14.3. The number of aromatic nitrogens is 1. The van der Waals surface area contributed by atoms with E-state index in [1.807, 2.05) is 48.5 Å². The van der Waals surface area contributed by atoms with E-state index in [9.17, 15) is 13.2 Å². The Hall–Kier alpha value is -4.12. The highest BCUT2D eigenvalue weighted by molar-refractivity contribution is 7.92. The van der Waals surface area contributed by atoms with Crippen LogP contribution in [0.5, 0.6) is 5.75 Å². The zero-order chi connectivity index (χ0) is 28.7. The highest BCUT2D eigenvalue weighted by Crippen LogP contribution is 2.38. The summed E-state index contributed by atoms with van der Waals surface area (Å²) in [7, 11) is -3.82. The number of carbonyl (C=O) groups is 1. The summed E-state index contributed by atoms with van der Waals surface area (Å²) < 4.78 is 40.5. The van der Waals surface area contributed by atoms with Crippen LogP contribution in [0.15, 0.2) is 71.6 Å². The van der Waals surface area contributed by atoms with Gasteiger partial charge in [-0.3, -0.25) is 14.0 Å². The number of nitrogens with one attached hydrogen (secondary N) is 2. The molecule has 9 nitrogen and oxygen atoms in total. The number of fused-ring (bicyclic) bond motifs is 3. The van der Waals surface area contributed by atoms with Crippen molar-refractivity contribution in [1.82, 2.24) is 9.88 Å². The van der Waals surface area contributed by atoms with Crippen LogP contribution >= 0.6 is 0 Å². The second-order valence-electron chi connectivity index (χ2n) is 10.8. The Morgan fingerprint density at radius 1 is 0.976 bits per heavy atom. The highest BCUT2D eigenvalue weighted by Gasteiger charge is 2.32. The molecule has 1 saturated heterocycles. The number of para-hydroxylation sites is 1. The number of amides is 1. The molecule has 0 unspecified atom stereocenters. The monoisotopic (exact) mass is 584 g/mol. The van der Waals surface area contributed by atoms with E-state index in [4.69, 9.17) is 9.47 Å². The number of sulfonamides is 1. The molecule has 4 heterocycles. The maximum atomic E-state index is 13.8. The molecular weight excluding hydrogens is 552 g/mol. The Morgan fingerprint density at radius 2 is 1.83 bits per heavy atom. The van der Waals surface area contributed by atoms with Crippen LogP contribution < -0.4 is 14.4 Å². The van der Waals surface area contributed by atoms with Crippen molar-refractivity contribution in [3.05, 3.63) is 83.6 Å². The lowest BCUT2D eigenvalue weighted by molar-refractivity contribution is -0.110. The molecule has 216 valence electrons. The minimum absolute atomic E-state index is 0.163. The van der Waals surface area contributed by atoms with E-state index >= 15 is 0 Å². The standard InChI is InChI=1S/C32H32N4O5S/c37-32-28(20-24-18-23-19-25(7-9-29(23)33-24)41-17-14-35-12-15-40-16-13-35)27-21-26(8-10-30(27)34-32)42(38,39)36-11-3-5-22-4-1-2-6-31(22)36/h1-2,4,6-10,18-21,33H,3,5,11-17H2,(H,34,37). The minimum atomic E-state index is -3.82. The number of rotatable bonds is 7. The molecule has 0 atom stereocenters. The molecule has 0 aliphatic carbocycles. The SMILES string of the molecule is O=C1Nc2ccc(S(=O)(=O)N3CCCc4ccccc43)cc2C1=Cc1cc2cc(OCCN3CCOCC3)ccc2[nH]1. The van der Waals surface area contributed by atoms with Gasteiger partial charge in [0.2, 0.25) is 0 Å². The third-order valence-corrected chi connectivity index (χ3v) is 9.93. The molecule has 4 aromatic rings. The van der Waals surface area contributed by atoms with Crippen LogP contribution in [0, 0.1) is 0 Å². The molecule has 3 aliphatic heterocycles. The van der Waals surface area contributed by atoms with Gasteiger partial charge < -0.3 is 19.8 Å². The number of hydrogen-bond acceptors (Lipinski definition) is 6. The van der Waals surface area contributed by atoms with Crippen LogP contribution in [0.2, 0.25) is 0 Å². The summed E-state index contributed by atoms with van der Waals surface area (Å²) in [6.45, 7) is 5.24. The topological polar surface area (TPSA) is 104 Å². The molecule has 0 bridgehead atoms. The smallest absolute Gasteiger partial charge is 0.264 e. The van der Waals surface area contributed by atoms with Crippen molar-refractivity contribution in [2.45, 2.75) is 17.7 Å². The second-order valence-corrected chi connectivity index (χ2v) is 12.7. The normalized spacial score (nSPS) is 18.2. The molecule has 2 N–H and O–H groups in total. The summed E-state index contributed by atoms with van der Waals surface area (Å²) in [4.78, 5) is 18.8. The number of H-pyrrole nitrogens is 1. The molecule has 0 spiro atoms. The molecule has 0 radical (unpaired) electrons. The number of anilines is 2. The average molecular weight is 585 g/mol. The fourth-order valence-corrected chi connectivity index (χ4v) is 7.49. The third-order valence-electron chi connectivity index (χ3n) is 8.12. The molecule has 42 heavy (non-hydrogen) atoms. The Labute approximate surface area is 244 Å². The van der Waals surface area contributed by atoms with Crippen LogP contribution in [0.4, 0.5) is 11.4 Å². The molecule has 10 heteroatoms. The van der Waals surface area contributed by atoms with E-state index in [-0.39, 0.29) is 10.8 Å². The average Bonchev–Trinajstić information content (AvgIpc) is 3.56. The van der Waals surface area contributed by atoms with E-state index in [0.29, 0.717) is 30.0 Å². The first-order chi connectivity index (χ1) is 20.5. The number of nitrogens with zero attached hydrogens (tertiary/aromatic N) is 2. The molecule has 1 aromatic heterocycles. The van der Waals surface area contributed by atoms with Crippen LogP contribution in [-0.4, -0.2) is 70.2 Å². The Morgan fingerprint density at radius 3 is 2.71 bits per heavy atom. The maximum absolute atomic E-state index is 13.8. The number of hydrogen-bond donors (Lipinski definition) is 2. The predicted molar refractivity (Wildman–Crippen MR) is 163 cm³/mol. The molecule has 3 aliphatic rings. The van der Waals surface area contributed by atoms with Gasteiger partial charge >= 0.3 is 0 Å². The minimum Gasteiger partial charge on any atom is -0.492 e. The van der Waals surface area contributed by atoms with E-state index in [0.717, 1.165) is 79.3 Å². The predicted octanol–water partition coefficient (Wildman–Crippen LogP) is 4.51. The van der Waals surface area contributed by atoms with E-state index in [2.05, 4.69) is 15.2 Å². The van der Waals surface area contributed by atoms with Gasteiger partial charge in [-0.2, -0.15) is 0 Å². The summed E-state index contributed by atoms with van der Waals surface area (Å²) >= 11 is 0. The number of morpholine rings is 1. The zero-order valence-electron chi connectivity index (χ0n) is 23.1. The van der Waals surface area contributed by atoms with Gasteiger partial charge in [-0.1, -0.05) is 18.2 Å². The van der Waals surface area contributed by atoms with Crippen molar-refractivity contribution in [2.24, 2.45) is 0 Å². The van der Waals surface area contributed by atoms with E-state index < -0.39 is 10.0 Å². The molecule has 1 fully saturated rings. The maximum Gasteiger partial charge on any atom is 0.264 e. The number of carbonyl (C=O) groups excluding carboxylic acids is 1. The van der Waals surface area contributed by atoms with Crippen molar-refractivity contribution in [1.29, 1.82) is 0 Å². The number of aromatic amines is 1. The Kier molecular flexibility index (Phi) is 6.97. The van der Waals surface area contributed by atoms with Crippen molar-refractivity contribution in [2.75, 3.05) is 55.6 Å². The van der Waals surface area contributed by atoms with E-state index in [1.165, 1.54) is 4.31 Å². The van der Waals surface area contributed by atoms with Crippen LogP contribution in [0.1, 0.15) is 23.2 Å². The summed E-state index contributed by atoms with van der Waals surface area (Å²) in [5, 5.41) is 3.84. The first kappa shape index (κ1) is 26.8. The lowest BCUT2D eigenvalue weighted by atomic mass is 10.0. The van der Waals surface area contributed by atoms with Gasteiger partial charge in [0.15, 0.2) is 0 Å². The van der Waals surface area contributed by atoms with Gasteiger partial charge in [0.1, 0.15) is 12.4 Å². The summed E-state index contributed by atoms with van der Waals surface area (Å²) in [6.07, 6.45) is 3.38. The van der Waals surface area contributed by atoms with Crippen molar-refractivity contribution >= 4 is 49.9 Å². The first-order valence-corrected chi connectivity index (χ1v) is 15.7. The largest absolute Gasteiger partial charge is 0.492 e. The lowest BCUT2D eigenvalue weighted by Gasteiger charge is -2.30. The molecular formula is C32H32N4O5S. The molecule has 7 rings (SSSR count). The molecule has 1 amide bonds. The summed E-state index contributed by atoms with van der Waals surface area (Å²) in [5.74, 6) is 0.515. The highest BCUT2D eigenvalue weighted by atomic mass is 32.2. The molecule has 3 aromatic carbocycles. The van der Waals surface area contributed by atoms with Crippen molar-refractivity contribution in [3.63, 3.8) is 0 Å². The van der Waals surface area contributed by atoms with Crippen LogP contribution in [0.3, 0.4) is 0 Å². The lowest BCUT2D eigenvalue weighted by Crippen LogP contribution is -2.38. The van der Waals surface area contributed by atoms with Gasteiger partial charge in [0.05, 0.1) is 29.4 Å². The van der Waals surface area contributed by atoms with Gasteiger partial charge in [-0.05, 0) is 73.0 Å². The van der Waals surface area contributed by atoms with Crippen LogP contribution in [0.25, 0.3) is 22.6 Å². The summed E-state index contributed by atoms with van der Waals surface area (Å²) in [5.41, 5.74) is 4.98. The van der Waals surface area contributed by atoms with Gasteiger partial charge in [0.25, 0.3) is 15.9 Å². The number of benzene rings is 3. The Balaban J connectivity index is 1.14. The van der Waals surface area contributed by atoms with E-state index in [1.54, 1.807) is 24.3 Å². The third kappa shape index (κ3) is 5.06. The second kappa shape index (κ2) is 10.9. The van der Waals surface area contributed by atoms with Gasteiger partial charge in [0, 0.05) is 54.0 Å². The van der Waals surface area contributed by atoms with Gasteiger partial charge in [-0.15, -0.1) is 0 Å². The van der Waals surface area contributed by atoms with Gasteiger partial charge in [-0.25, -0.2) is 8.42 Å². The fourth-order valence-electron chi connectivity index (χ4n) is 5.92. The molecule has 0 saturated carbocycles. The number of aryl methyl sites for hydroxylation is 1. The zero-order valence-corrected chi connectivity index (χ0v) is 24.0. The quantitative estimate of drug-likeness (QED) is 0.310. The van der Waals surface area contributed by atoms with Crippen molar-refractivity contribution in [3.8, 4) is 5.75 Å². The Bertz CT molecular complexity index is 1810.